The molecule has 0 amide bonds. The Morgan fingerprint density at radius 3 is 2.79 bits per heavy atom. The van der Waals surface area contributed by atoms with E-state index in [4.69, 9.17) is 0 Å². The van der Waals surface area contributed by atoms with Gasteiger partial charge in [-0.05, 0) is 30.4 Å². The van der Waals surface area contributed by atoms with Gasteiger partial charge < -0.3 is 4.90 Å². The van der Waals surface area contributed by atoms with Crippen LogP contribution in [-0.4, -0.2) is 73.0 Å². The van der Waals surface area contributed by atoms with Gasteiger partial charge >= 0.3 is 0 Å². The highest BCUT2D eigenvalue weighted by Gasteiger charge is 2.20. The Morgan fingerprint density at radius 1 is 1.07 bits per heavy atom. The molecule has 0 N–H and O–H groups in total. The number of aryl methyl sites for hydroxylation is 2. The number of anilines is 1. The van der Waals surface area contributed by atoms with E-state index in [-0.39, 0.29) is 5.56 Å². The van der Waals surface area contributed by atoms with Crippen molar-refractivity contribution < 1.29 is 0 Å². The third kappa shape index (κ3) is 3.74. The summed E-state index contributed by atoms with van der Waals surface area (Å²) in [5, 5.41) is 17.5. The molecular formula is C19H24N8OS. The highest BCUT2D eigenvalue weighted by molar-refractivity contribution is 7.98. The van der Waals surface area contributed by atoms with Crippen LogP contribution >= 0.6 is 11.8 Å². The fraction of sp³-hybridized carbons (Fsp3) is 0.526. The molecule has 0 radical (unpaired) electrons. The highest BCUT2D eigenvalue weighted by atomic mass is 32.2. The van der Waals surface area contributed by atoms with Crippen molar-refractivity contribution >= 4 is 23.2 Å². The number of rotatable bonds is 4. The summed E-state index contributed by atoms with van der Waals surface area (Å²) in [4.78, 5) is 17.0. The van der Waals surface area contributed by atoms with Crippen molar-refractivity contribution in [3.8, 4) is 0 Å². The summed E-state index contributed by atoms with van der Waals surface area (Å²) in [5.41, 5.74) is 3.00. The Bertz CT molecular complexity index is 1090. The van der Waals surface area contributed by atoms with Gasteiger partial charge in [-0.3, -0.25) is 9.69 Å². The monoisotopic (exact) mass is 412 g/mol. The smallest absolute Gasteiger partial charge is 0.267 e. The average Bonchev–Trinajstić information content (AvgIpc) is 3.13. The van der Waals surface area contributed by atoms with Crippen molar-refractivity contribution in [1.29, 1.82) is 0 Å². The Kier molecular flexibility index (Phi) is 4.96. The van der Waals surface area contributed by atoms with Crippen LogP contribution in [0.1, 0.15) is 17.1 Å². The molecule has 29 heavy (non-hydrogen) atoms. The van der Waals surface area contributed by atoms with Gasteiger partial charge in [-0.2, -0.15) is 21.4 Å². The third-order valence-electron chi connectivity index (χ3n) is 5.63. The minimum atomic E-state index is 0.0201. The van der Waals surface area contributed by atoms with Crippen LogP contribution in [0, 0.1) is 6.92 Å². The van der Waals surface area contributed by atoms with E-state index in [0.717, 1.165) is 79.2 Å². The number of aromatic nitrogens is 6. The maximum Gasteiger partial charge on any atom is 0.267 e. The molecule has 5 rings (SSSR count). The van der Waals surface area contributed by atoms with Gasteiger partial charge in [0.1, 0.15) is 5.82 Å². The van der Waals surface area contributed by atoms with E-state index in [1.54, 1.807) is 15.3 Å². The third-order valence-corrected chi connectivity index (χ3v) is 6.64. The first-order valence-corrected chi connectivity index (χ1v) is 11.2. The highest BCUT2D eigenvalue weighted by Crippen LogP contribution is 2.21. The first-order valence-electron chi connectivity index (χ1n) is 10.0. The van der Waals surface area contributed by atoms with Gasteiger partial charge in [0.15, 0.2) is 11.5 Å². The normalized spacial score (nSPS) is 17.6. The first-order chi connectivity index (χ1) is 14.2. The van der Waals surface area contributed by atoms with Gasteiger partial charge in [-0.1, -0.05) is 0 Å². The molecule has 3 aromatic rings. The molecule has 0 spiro atoms. The number of hydrogen-bond acceptors (Lipinski definition) is 8. The van der Waals surface area contributed by atoms with E-state index in [1.807, 2.05) is 30.8 Å². The molecule has 2 aliphatic rings. The predicted molar refractivity (Wildman–Crippen MR) is 113 cm³/mol. The van der Waals surface area contributed by atoms with Crippen LogP contribution in [0.3, 0.4) is 0 Å². The van der Waals surface area contributed by atoms with Crippen LogP contribution in [0.5, 0.6) is 0 Å². The van der Waals surface area contributed by atoms with Gasteiger partial charge in [-0.15, -0.1) is 15.3 Å². The Hall–Kier alpha value is -2.46. The SMILES string of the molecule is Cc1nnc2ccc(N3CCN(CCn4nc5c(cc4=O)CSCC5)CC3)nn12. The average molecular weight is 413 g/mol. The van der Waals surface area contributed by atoms with Crippen LogP contribution in [0.25, 0.3) is 5.65 Å². The summed E-state index contributed by atoms with van der Waals surface area (Å²) in [6.07, 6.45) is 0.961. The molecule has 1 saturated heterocycles. The van der Waals surface area contributed by atoms with Gasteiger partial charge in [0, 0.05) is 51.0 Å². The van der Waals surface area contributed by atoms with Crippen molar-refractivity contribution in [3.05, 3.63) is 45.6 Å². The lowest BCUT2D eigenvalue weighted by atomic mass is 10.2. The molecule has 152 valence electrons. The van der Waals surface area contributed by atoms with Crippen molar-refractivity contribution in [2.75, 3.05) is 43.4 Å². The van der Waals surface area contributed by atoms with Crippen LogP contribution in [0.15, 0.2) is 23.0 Å². The van der Waals surface area contributed by atoms with Crippen LogP contribution in [-0.2, 0) is 18.7 Å². The lowest BCUT2D eigenvalue weighted by Crippen LogP contribution is -2.48. The molecule has 5 heterocycles. The van der Waals surface area contributed by atoms with E-state index in [0.29, 0.717) is 6.54 Å². The number of thioether (sulfide) groups is 1. The van der Waals surface area contributed by atoms with E-state index in [9.17, 15) is 4.79 Å². The molecule has 0 aromatic carbocycles. The summed E-state index contributed by atoms with van der Waals surface area (Å²) < 4.78 is 3.43. The van der Waals surface area contributed by atoms with E-state index >= 15 is 0 Å². The van der Waals surface area contributed by atoms with E-state index in [1.165, 1.54) is 0 Å². The fourth-order valence-corrected chi connectivity index (χ4v) is 4.86. The summed E-state index contributed by atoms with van der Waals surface area (Å²) in [6.45, 7) is 7.08. The second kappa shape index (κ2) is 7.75. The Balaban J connectivity index is 1.20. The van der Waals surface area contributed by atoms with Crippen molar-refractivity contribution in [3.63, 3.8) is 0 Å². The maximum atomic E-state index is 12.4. The van der Waals surface area contributed by atoms with Gasteiger partial charge in [0.25, 0.3) is 5.56 Å². The van der Waals surface area contributed by atoms with Crippen molar-refractivity contribution in [2.45, 2.75) is 25.6 Å². The predicted octanol–water partition coefficient (Wildman–Crippen LogP) is 0.601. The molecule has 0 atom stereocenters. The standard InChI is InChI=1S/C19H24N8OS/c1-14-20-21-17-2-3-18(23-27(14)17)25-8-5-24(6-9-25)7-10-26-19(28)12-15-13-29-11-4-16(15)22-26/h2-3,12H,4-11,13H2,1H3. The molecular weight excluding hydrogens is 388 g/mol. The molecule has 0 bridgehead atoms. The zero-order valence-electron chi connectivity index (χ0n) is 16.5. The molecule has 1 fully saturated rings. The largest absolute Gasteiger partial charge is 0.353 e. The maximum absolute atomic E-state index is 12.4. The second-order valence-electron chi connectivity index (χ2n) is 7.52. The number of piperazine rings is 1. The molecule has 2 aliphatic heterocycles. The first kappa shape index (κ1) is 18.6. The van der Waals surface area contributed by atoms with Gasteiger partial charge in [0.05, 0.1) is 12.2 Å². The van der Waals surface area contributed by atoms with Crippen LogP contribution < -0.4 is 10.5 Å². The number of fused-ring (bicyclic) bond motifs is 2. The van der Waals surface area contributed by atoms with E-state index in [2.05, 4.69) is 30.2 Å². The zero-order chi connectivity index (χ0) is 19.8. The summed E-state index contributed by atoms with van der Waals surface area (Å²) >= 11 is 1.87. The molecule has 9 nitrogen and oxygen atoms in total. The number of nitrogens with zero attached hydrogens (tertiary/aromatic N) is 8. The van der Waals surface area contributed by atoms with Gasteiger partial charge in [-0.25, -0.2) is 4.68 Å². The van der Waals surface area contributed by atoms with Gasteiger partial charge in [0.2, 0.25) is 0 Å². The Labute approximate surface area is 172 Å². The summed E-state index contributed by atoms with van der Waals surface area (Å²) in [7, 11) is 0. The quantitative estimate of drug-likeness (QED) is 0.616. The molecule has 0 aliphatic carbocycles. The minimum absolute atomic E-state index is 0.0201. The lowest BCUT2D eigenvalue weighted by Gasteiger charge is -2.35. The number of hydrogen-bond donors (Lipinski definition) is 0. The second-order valence-corrected chi connectivity index (χ2v) is 8.62. The van der Waals surface area contributed by atoms with Crippen LogP contribution in [0.4, 0.5) is 5.82 Å². The fourth-order valence-electron chi connectivity index (χ4n) is 3.90. The van der Waals surface area contributed by atoms with Crippen LogP contribution in [0.2, 0.25) is 0 Å². The molecule has 10 heteroatoms. The van der Waals surface area contributed by atoms with Crippen molar-refractivity contribution in [1.82, 2.24) is 34.5 Å². The molecule has 0 saturated carbocycles. The Morgan fingerprint density at radius 2 is 1.93 bits per heavy atom. The lowest BCUT2D eigenvalue weighted by molar-refractivity contribution is 0.241. The molecule has 0 unspecified atom stereocenters. The summed E-state index contributed by atoms with van der Waals surface area (Å²) in [6, 6.07) is 5.75. The zero-order valence-corrected chi connectivity index (χ0v) is 17.3. The minimum Gasteiger partial charge on any atom is -0.353 e. The van der Waals surface area contributed by atoms with E-state index < -0.39 is 0 Å². The topological polar surface area (TPSA) is 84.5 Å². The molecule has 3 aromatic heterocycles. The summed E-state index contributed by atoms with van der Waals surface area (Å²) in [5.74, 6) is 3.75. The van der Waals surface area contributed by atoms with Crippen molar-refractivity contribution in [2.24, 2.45) is 0 Å².